The molecule has 0 aliphatic heterocycles. The van der Waals surface area contributed by atoms with Gasteiger partial charge in [-0.1, -0.05) is 48.5 Å². The third-order valence-corrected chi connectivity index (χ3v) is 5.02. The molecule has 3 nitrogen and oxygen atoms in total. The number of hydrogen-bond donors (Lipinski definition) is 1. The van der Waals surface area contributed by atoms with Crippen LogP contribution in [0.3, 0.4) is 0 Å². The minimum atomic E-state index is -0.700. The fraction of sp³-hybridized carbons (Fsp3) is 0.120. The van der Waals surface area contributed by atoms with Crippen molar-refractivity contribution in [2.24, 2.45) is 0 Å². The van der Waals surface area contributed by atoms with E-state index < -0.39 is 6.10 Å². The number of allylic oxidation sites excluding steroid dienone is 2. The fourth-order valence-corrected chi connectivity index (χ4v) is 3.50. The minimum absolute atomic E-state index is 0.700. The van der Waals surface area contributed by atoms with Crippen LogP contribution in [0.5, 0.6) is 11.5 Å². The SMILES string of the molecule is COc1ccc(C=C2C=C(C(O)c3ccc(OC)cc3)c3ccccc32)cc1. The zero-order valence-corrected chi connectivity index (χ0v) is 15.9. The molecule has 3 aromatic carbocycles. The van der Waals surface area contributed by atoms with Gasteiger partial charge in [0.05, 0.1) is 14.2 Å². The summed E-state index contributed by atoms with van der Waals surface area (Å²) in [5.74, 6) is 1.61. The van der Waals surface area contributed by atoms with Crippen LogP contribution in [0.25, 0.3) is 17.2 Å². The van der Waals surface area contributed by atoms with Crippen LogP contribution < -0.4 is 9.47 Å². The molecule has 140 valence electrons. The molecule has 3 heteroatoms. The Morgan fingerprint density at radius 2 is 1.32 bits per heavy atom. The Hall–Kier alpha value is -3.30. The van der Waals surface area contributed by atoms with E-state index in [0.29, 0.717) is 0 Å². The Kier molecular flexibility index (Phi) is 5.00. The first-order chi connectivity index (χ1) is 13.7. The van der Waals surface area contributed by atoms with Gasteiger partial charge in [0.25, 0.3) is 0 Å². The number of rotatable bonds is 5. The highest BCUT2D eigenvalue weighted by Gasteiger charge is 2.24. The minimum Gasteiger partial charge on any atom is -0.497 e. The van der Waals surface area contributed by atoms with Crippen LogP contribution in [0.2, 0.25) is 0 Å². The topological polar surface area (TPSA) is 38.7 Å². The van der Waals surface area contributed by atoms with Gasteiger partial charge in [0.2, 0.25) is 0 Å². The van der Waals surface area contributed by atoms with E-state index in [2.05, 4.69) is 24.3 Å². The number of ether oxygens (including phenoxy) is 2. The molecule has 3 aromatic rings. The summed E-state index contributed by atoms with van der Waals surface area (Å²) in [7, 11) is 3.30. The lowest BCUT2D eigenvalue weighted by atomic mass is 9.96. The zero-order valence-electron chi connectivity index (χ0n) is 15.9. The van der Waals surface area contributed by atoms with Gasteiger partial charge in [0.15, 0.2) is 0 Å². The second-order valence-corrected chi connectivity index (χ2v) is 6.69. The van der Waals surface area contributed by atoms with E-state index >= 15 is 0 Å². The highest BCUT2D eigenvalue weighted by Crippen LogP contribution is 2.42. The molecule has 0 spiro atoms. The Morgan fingerprint density at radius 3 is 1.93 bits per heavy atom. The van der Waals surface area contributed by atoms with Gasteiger partial charge >= 0.3 is 0 Å². The van der Waals surface area contributed by atoms with E-state index in [-0.39, 0.29) is 0 Å². The molecule has 1 N–H and O–H groups in total. The molecule has 0 amide bonds. The first kappa shape index (κ1) is 18.1. The summed E-state index contributed by atoms with van der Waals surface area (Å²) < 4.78 is 10.5. The van der Waals surface area contributed by atoms with Gasteiger partial charge in [-0.3, -0.25) is 0 Å². The summed E-state index contributed by atoms with van der Waals surface area (Å²) in [5.41, 5.74) is 6.10. The first-order valence-electron chi connectivity index (χ1n) is 9.19. The van der Waals surface area contributed by atoms with E-state index in [1.54, 1.807) is 14.2 Å². The smallest absolute Gasteiger partial charge is 0.118 e. The summed E-state index contributed by atoms with van der Waals surface area (Å²) in [6.45, 7) is 0. The van der Waals surface area contributed by atoms with Gasteiger partial charge in [-0.15, -0.1) is 0 Å². The van der Waals surface area contributed by atoms with Gasteiger partial charge in [0.1, 0.15) is 17.6 Å². The van der Waals surface area contributed by atoms with Crippen LogP contribution >= 0.6 is 0 Å². The van der Waals surface area contributed by atoms with Gasteiger partial charge in [0, 0.05) is 0 Å². The summed E-state index contributed by atoms with van der Waals surface area (Å²) in [5, 5.41) is 11.0. The lowest BCUT2D eigenvalue weighted by Gasteiger charge is -2.14. The molecule has 0 heterocycles. The van der Waals surface area contributed by atoms with E-state index in [1.807, 2.05) is 60.7 Å². The summed E-state index contributed by atoms with van der Waals surface area (Å²) in [6, 6.07) is 23.7. The number of methoxy groups -OCH3 is 2. The number of hydrogen-bond acceptors (Lipinski definition) is 3. The van der Waals surface area contributed by atoms with E-state index in [9.17, 15) is 5.11 Å². The van der Waals surface area contributed by atoms with Crippen molar-refractivity contribution in [3.05, 3.63) is 101 Å². The molecule has 1 unspecified atom stereocenters. The molecular weight excluding hydrogens is 348 g/mol. The number of aliphatic hydroxyl groups excluding tert-OH is 1. The van der Waals surface area contributed by atoms with Gasteiger partial charge in [-0.05, 0) is 69.8 Å². The van der Waals surface area contributed by atoms with Crippen molar-refractivity contribution in [3.63, 3.8) is 0 Å². The number of fused-ring (bicyclic) bond motifs is 1. The molecule has 1 aliphatic carbocycles. The Balaban J connectivity index is 1.72. The maximum absolute atomic E-state index is 11.0. The lowest BCUT2D eigenvalue weighted by Crippen LogP contribution is -2.00. The van der Waals surface area contributed by atoms with Gasteiger partial charge < -0.3 is 14.6 Å². The largest absolute Gasteiger partial charge is 0.497 e. The molecule has 0 bridgehead atoms. The molecule has 1 atom stereocenters. The quantitative estimate of drug-likeness (QED) is 0.656. The first-order valence-corrected chi connectivity index (χ1v) is 9.19. The Labute approximate surface area is 165 Å². The normalized spacial score (nSPS) is 15.1. The summed E-state index contributed by atoms with van der Waals surface area (Å²) in [6.07, 6.45) is 3.50. The fourth-order valence-electron chi connectivity index (χ4n) is 3.50. The second-order valence-electron chi connectivity index (χ2n) is 6.69. The van der Waals surface area contributed by atoms with Crippen molar-refractivity contribution in [1.82, 2.24) is 0 Å². The van der Waals surface area contributed by atoms with E-state index in [4.69, 9.17) is 9.47 Å². The molecule has 0 radical (unpaired) electrons. The van der Waals surface area contributed by atoms with Crippen molar-refractivity contribution < 1.29 is 14.6 Å². The van der Waals surface area contributed by atoms with Crippen molar-refractivity contribution in [3.8, 4) is 11.5 Å². The third kappa shape index (κ3) is 3.45. The third-order valence-electron chi connectivity index (χ3n) is 5.02. The molecule has 0 saturated carbocycles. The van der Waals surface area contributed by atoms with Gasteiger partial charge in [-0.25, -0.2) is 0 Å². The van der Waals surface area contributed by atoms with Crippen molar-refractivity contribution in [1.29, 1.82) is 0 Å². The molecule has 0 saturated heterocycles. The highest BCUT2D eigenvalue weighted by atomic mass is 16.5. The monoisotopic (exact) mass is 370 g/mol. The molecule has 4 rings (SSSR count). The predicted molar refractivity (Wildman–Crippen MR) is 113 cm³/mol. The lowest BCUT2D eigenvalue weighted by molar-refractivity contribution is 0.238. The van der Waals surface area contributed by atoms with E-state index in [0.717, 1.165) is 44.9 Å². The number of benzene rings is 3. The van der Waals surface area contributed by atoms with Crippen LogP contribution in [0, 0.1) is 0 Å². The maximum Gasteiger partial charge on any atom is 0.118 e. The summed E-state index contributed by atoms with van der Waals surface area (Å²) >= 11 is 0. The summed E-state index contributed by atoms with van der Waals surface area (Å²) in [4.78, 5) is 0. The predicted octanol–water partition coefficient (Wildman–Crippen LogP) is 5.38. The average Bonchev–Trinajstić information content (AvgIpc) is 3.12. The van der Waals surface area contributed by atoms with Crippen LogP contribution in [-0.2, 0) is 0 Å². The highest BCUT2D eigenvalue weighted by molar-refractivity contribution is 6.02. The van der Waals surface area contributed by atoms with Crippen LogP contribution in [0.15, 0.2) is 78.9 Å². The van der Waals surface area contributed by atoms with Crippen molar-refractivity contribution >= 4 is 17.2 Å². The standard InChI is InChI=1S/C25H22O3/c1-27-20-11-7-17(8-12-20)15-19-16-24(23-6-4-3-5-22(19)23)25(26)18-9-13-21(28-2)14-10-18/h3-16,25-26H,1-2H3. The molecular formula is C25H22O3. The van der Waals surface area contributed by atoms with Crippen molar-refractivity contribution in [2.75, 3.05) is 14.2 Å². The molecule has 1 aliphatic rings. The number of aliphatic hydroxyl groups is 1. The molecule has 28 heavy (non-hydrogen) atoms. The molecule has 0 aromatic heterocycles. The van der Waals surface area contributed by atoms with Crippen molar-refractivity contribution in [2.45, 2.75) is 6.10 Å². The Morgan fingerprint density at radius 1 is 0.750 bits per heavy atom. The van der Waals surface area contributed by atoms with Crippen LogP contribution in [0.1, 0.15) is 28.4 Å². The van der Waals surface area contributed by atoms with E-state index in [1.165, 1.54) is 0 Å². The Bertz CT molecular complexity index is 1030. The maximum atomic E-state index is 11.0. The van der Waals surface area contributed by atoms with Crippen LogP contribution in [0.4, 0.5) is 0 Å². The zero-order chi connectivity index (χ0) is 19.5. The van der Waals surface area contributed by atoms with Crippen LogP contribution in [-0.4, -0.2) is 19.3 Å². The average molecular weight is 370 g/mol. The van der Waals surface area contributed by atoms with Gasteiger partial charge in [-0.2, -0.15) is 0 Å². The molecule has 0 fully saturated rings. The second kappa shape index (κ2) is 7.75.